The molecule has 1 atom stereocenters. The van der Waals surface area contributed by atoms with Crippen LogP contribution in [0.1, 0.15) is 26.2 Å². The van der Waals surface area contributed by atoms with E-state index >= 15 is 0 Å². The number of ether oxygens (including phenoxy) is 2. The molecule has 0 aliphatic carbocycles. The maximum Gasteiger partial charge on any atom is 0.322 e. The minimum atomic E-state index is 0.235. The molecule has 0 amide bonds. The van der Waals surface area contributed by atoms with Crippen molar-refractivity contribution in [3.63, 3.8) is 0 Å². The summed E-state index contributed by atoms with van der Waals surface area (Å²) in [6.45, 7) is 4.28. The van der Waals surface area contributed by atoms with E-state index in [1.807, 2.05) is 6.92 Å². The molecule has 0 saturated carbocycles. The van der Waals surface area contributed by atoms with Gasteiger partial charge in [-0.1, -0.05) is 0 Å². The third-order valence-electron chi connectivity index (χ3n) is 2.89. The number of hydrogen-bond donors (Lipinski definition) is 2. The Balaban J connectivity index is 1.95. The van der Waals surface area contributed by atoms with Crippen molar-refractivity contribution in [2.75, 3.05) is 37.4 Å². The Bertz CT molecular complexity index is 396. The lowest BCUT2D eigenvalue weighted by Crippen LogP contribution is -2.27. The molecule has 0 aromatic carbocycles. The predicted molar refractivity (Wildman–Crippen MR) is 72.6 cm³/mol. The summed E-state index contributed by atoms with van der Waals surface area (Å²) in [7, 11) is 1.54. The van der Waals surface area contributed by atoms with E-state index in [1.165, 1.54) is 6.42 Å². The van der Waals surface area contributed by atoms with Gasteiger partial charge >= 0.3 is 6.01 Å². The molecule has 7 heteroatoms. The number of methoxy groups -OCH3 is 1. The van der Waals surface area contributed by atoms with Crippen molar-refractivity contribution < 1.29 is 9.47 Å². The Morgan fingerprint density at radius 3 is 2.63 bits per heavy atom. The van der Waals surface area contributed by atoms with Gasteiger partial charge in [-0.05, 0) is 26.2 Å². The molecule has 1 aliphatic rings. The van der Waals surface area contributed by atoms with Gasteiger partial charge in [0.05, 0.1) is 13.2 Å². The van der Waals surface area contributed by atoms with Gasteiger partial charge in [0.2, 0.25) is 11.9 Å². The lowest BCUT2D eigenvalue weighted by atomic mass is 10.1. The largest absolute Gasteiger partial charge is 0.467 e. The van der Waals surface area contributed by atoms with E-state index in [0.717, 1.165) is 26.0 Å². The highest BCUT2D eigenvalue weighted by Crippen LogP contribution is 2.14. The van der Waals surface area contributed by atoms with Crippen LogP contribution in [-0.2, 0) is 4.74 Å². The van der Waals surface area contributed by atoms with Crippen LogP contribution in [0, 0.1) is 0 Å². The SMILES string of the molecule is CCNc1nc(NCC2CCCCO2)nc(OC)n1. The Kier molecular flexibility index (Phi) is 5.14. The smallest absolute Gasteiger partial charge is 0.322 e. The van der Waals surface area contributed by atoms with E-state index in [9.17, 15) is 0 Å². The molecule has 2 rings (SSSR count). The van der Waals surface area contributed by atoms with Crippen LogP contribution in [0.15, 0.2) is 0 Å². The second-order valence-corrected chi connectivity index (χ2v) is 4.37. The van der Waals surface area contributed by atoms with Gasteiger partial charge < -0.3 is 20.1 Å². The van der Waals surface area contributed by atoms with Crippen molar-refractivity contribution in [2.45, 2.75) is 32.3 Å². The minimum absolute atomic E-state index is 0.235. The van der Waals surface area contributed by atoms with Crippen LogP contribution in [-0.4, -0.2) is 47.9 Å². The molecule has 19 heavy (non-hydrogen) atoms. The standard InChI is InChI=1S/C12H21N5O2/c1-3-13-10-15-11(17-12(16-10)18-2)14-8-9-6-4-5-7-19-9/h9H,3-8H2,1-2H3,(H2,13,14,15,16,17). The number of nitrogens with one attached hydrogen (secondary N) is 2. The summed E-state index contributed by atoms with van der Waals surface area (Å²) >= 11 is 0. The van der Waals surface area contributed by atoms with Crippen molar-refractivity contribution in [1.29, 1.82) is 0 Å². The Morgan fingerprint density at radius 2 is 2.00 bits per heavy atom. The van der Waals surface area contributed by atoms with E-state index < -0.39 is 0 Å². The predicted octanol–water partition coefficient (Wildman–Crippen LogP) is 1.29. The van der Waals surface area contributed by atoms with Crippen LogP contribution in [0.3, 0.4) is 0 Å². The molecule has 1 fully saturated rings. The number of hydrogen-bond acceptors (Lipinski definition) is 7. The fraction of sp³-hybridized carbons (Fsp3) is 0.750. The summed E-state index contributed by atoms with van der Waals surface area (Å²) < 4.78 is 10.7. The van der Waals surface area contributed by atoms with Crippen LogP contribution < -0.4 is 15.4 Å². The Morgan fingerprint density at radius 1 is 1.21 bits per heavy atom. The highest BCUT2D eigenvalue weighted by Gasteiger charge is 2.14. The number of rotatable bonds is 6. The molecule has 1 aromatic rings. The summed E-state index contributed by atoms with van der Waals surface area (Å²) in [6.07, 6.45) is 3.69. The fourth-order valence-corrected chi connectivity index (χ4v) is 1.94. The monoisotopic (exact) mass is 267 g/mol. The third kappa shape index (κ3) is 4.20. The van der Waals surface area contributed by atoms with Crippen LogP contribution in [0.4, 0.5) is 11.9 Å². The third-order valence-corrected chi connectivity index (χ3v) is 2.89. The summed E-state index contributed by atoms with van der Waals surface area (Å²) in [5.41, 5.74) is 0. The summed E-state index contributed by atoms with van der Waals surface area (Å²) in [4.78, 5) is 12.6. The first-order valence-electron chi connectivity index (χ1n) is 6.71. The van der Waals surface area contributed by atoms with Gasteiger partial charge in [-0.25, -0.2) is 0 Å². The topological polar surface area (TPSA) is 81.2 Å². The van der Waals surface area contributed by atoms with E-state index in [2.05, 4.69) is 25.6 Å². The molecular formula is C12H21N5O2. The van der Waals surface area contributed by atoms with E-state index in [0.29, 0.717) is 24.5 Å². The zero-order chi connectivity index (χ0) is 13.5. The fourth-order valence-electron chi connectivity index (χ4n) is 1.94. The van der Waals surface area contributed by atoms with Gasteiger partial charge in [0.15, 0.2) is 0 Å². The normalized spacial score (nSPS) is 18.9. The molecule has 1 aliphatic heterocycles. The Hall–Kier alpha value is -1.63. The lowest BCUT2D eigenvalue weighted by molar-refractivity contribution is 0.0246. The quantitative estimate of drug-likeness (QED) is 0.803. The van der Waals surface area contributed by atoms with Crippen molar-refractivity contribution in [3.05, 3.63) is 0 Å². The van der Waals surface area contributed by atoms with Gasteiger partial charge in [-0.3, -0.25) is 0 Å². The number of anilines is 2. The van der Waals surface area contributed by atoms with Crippen LogP contribution in [0.5, 0.6) is 6.01 Å². The zero-order valence-corrected chi connectivity index (χ0v) is 11.5. The second-order valence-electron chi connectivity index (χ2n) is 4.37. The molecule has 1 saturated heterocycles. The summed E-state index contributed by atoms with van der Waals surface area (Å²) in [5.74, 6) is 1.03. The lowest BCUT2D eigenvalue weighted by Gasteiger charge is -2.22. The van der Waals surface area contributed by atoms with Crippen molar-refractivity contribution >= 4 is 11.9 Å². The first kappa shape index (κ1) is 13.8. The molecule has 2 N–H and O–H groups in total. The van der Waals surface area contributed by atoms with Crippen molar-refractivity contribution in [3.8, 4) is 6.01 Å². The second kappa shape index (κ2) is 7.08. The van der Waals surface area contributed by atoms with Crippen LogP contribution in [0.25, 0.3) is 0 Å². The molecule has 7 nitrogen and oxygen atoms in total. The summed E-state index contributed by atoms with van der Waals surface area (Å²) in [6, 6.07) is 0.304. The average Bonchev–Trinajstić information content (AvgIpc) is 2.46. The molecule has 1 unspecified atom stereocenters. The molecule has 106 valence electrons. The molecule has 0 radical (unpaired) electrons. The number of aromatic nitrogens is 3. The average molecular weight is 267 g/mol. The maximum absolute atomic E-state index is 5.65. The maximum atomic E-state index is 5.65. The van der Waals surface area contributed by atoms with Crippen molar-refractivity contribution in [1.82, 2.24) is 15.0 Å². The Labute approximate surface area is 113 Å². The minimum Gasteiger partial charge on any atom is -0.467 e. The molecule has 2 heterocycles. The number of nitrogens with zero attached hydrogens (tertiary/aromatic N) is 3. The van der Waals surface area contributed by atoms with Crippen molar-refractivity contribution in [2.24, 2.45) is 0 Å². The summed E-state index contributed by atoms with van der Waals surface area (Å²) in [5, 5.41) is 6.23. The van der Waals surface area contributed by atoms with Gasteiger partial charge in [-0.15, -0.1) is 0 Å². The molecule has 0 spiro atoms. The van der Waals surface area contributed by atoms with E-state index in [4.69, 9.17) is 9.47 Å². The van der Waals surface area contributed by atoms with E-state index in [-0.39, 0.29) is 6.10 Å². The zero-order valence-electron chi connectivity index (χ0n) is 11.5. The molecule has 1 aromatic heterocycles. The van der Waals surface area contributed by atoms with Gasteiger partial charge in [0.25, 0.3) is 0 Å². The van der Waals surface area contributed by atoms with Crippen LogP contribution >= 0.6 is 0 Å². The van der Waals surface area contributed by atoms with Gasteiger partial charge in [0, 0.05) is 19.7 Å². The molecule has 0 bridgehead atoms. The molecular weight excluding hydrogens is 246 g/mol. The van der Waals surface area contributed by atoms with Crippen LogP contribution in [0.2, 0.25) is 0 Å². The van der Waals surface area contributed by atoms with E-state index in [1.54, 1.807) is 7.11 Å². The van der Waals surface area contributed by atoms with Gasteiger partial charge in [0.1, 0.15) is 0 Å². The highest BCUT2D eigenvalue weighted by molar-refractivity contribution is 5.35. The first-order chi connectivity index (χ1) is 9.31. The highest BCUT2D eigenvalue weighted by atomic mass is 16.5. The van der Waals surface area contributed by atoms with Gasteiger partial charge in [-0.2, -0.15) is 15.0 Å². The first-order valence-corrected chi connectivity index (χ1v) is 6.71.